The van der Waals surface area contributed by atoms with E-state index in [2.05, 4.69) is 4.98 Å². The van der Waals surface area contributed by atoms with Crippen LogP contribution in [0.25, 0.3) is 11.1 Å². The number of hydrogen-bond donors (Lipinski definition) is 0. The van der Waals surface area contributed by atoms with E-state index in [1.165, 1.54) is 4.57 Å². The van der Waals surface area contributed by atoms with Gasteiger partial charge in [0.15, 0.2) is 0 Å². The Labute approximate surface area is 172 Å². The minimum absolute atomic E-state index is 0.159. The number of aliphatic imine (C=N–C) groups is 1. The molecule has 3 heterocycles. The Balaban J connectivity index is 2.07. The van der Waals surface area contributed by atoms with Crippen molar-refractivity contribution in [2.75, 3.05) is 7.11 Å². The summed E-state index contributed by atoms with van der Waals surface area (Å²) >= 11 is 6.06. The first-order valence-electron chi connectivity index (χ1n) is 9.04. The fourth-order valence-electron chi connectivity index (χ4n) is 3.51. The molecule has 2 aromatic heterocycles. The predicted octanol–water partition coefficient (Wildman–Crippen LogP) is 3.59. The van der Waals surface area contributed by atoms with Gasteiger partial charge >= 0.3 is 0 Å². The molecule has 0 fully saturated rings. The molecule has 0 N–H and O–H groups in total. The number of halogens is 1. The smallest absolute Gasteiger partial charge is 0.250 e. The number of benzene rings is 1. The Kier molecular flexibility index (Phi) is 5.03. The zero-order valence-electron chi connectivity index (χ0n) is 15.9. The Hall–Kier alpha value is -3.25. The molecule has 29 heavy (non-hydrogen) atoms. The molecule has 0 radical (unpaired) electrons. The van der Waals surface area contributed by atoms with E-state index >= 15 is 0 Å². The molecule has 0 spiro atoms. The van der Waals surface area contributed by atoms with Crippen LogP contribution in [-0.2, 0) is 11.8 Å². The number of pyridine rings is 2. The molecule has 0 saturated heterocycles. The molecule has 0 amide bonds. The van der Waals surface area contributed by atoms with Gasteiger partial charge in [0.2, 0.25) is 5.88 Å². The van der Waals surface area contributed by atoms with Gasteiger partial charge in [0.1, 0.15) is 6.29 Å². The number of carbonyl (C=O) groups excluding carboxylic acids is 1. The fourth-order valence-corrected chi connectivity index (χ4v) is 3.63. The molecule has 3 aromatic rings. The van der Waals surface area contributed by atoms with Crippen LogP contribution in [0.5, 0.6) is 5.88 Å². The summed E-state index contributed by atoms with van der Waals surface area (Å²) in [4.78, 5) is 33.0. The van der Waals surface area contributed by atoms with Gasteiger partial charge in [-0.05, 0) is 17.7 Å². The highest BCUT2D eigenvalue weighted by Gasteiger charge is 2.26. The van der Waals surface area contributed by atoms with Crippen LogP contribution in [0.3, 0.4) is 0 Å². The van der Waals surface area contributed by atoms with E-state index in [1.807, 2.05) is 18.2 Å². The second kappa shape index (κ2) is 7.64. The molecule has 1 aliphatic heterocycles. The van der Waals surface area contributed by atoms with Crippen molar-refractivity contribution in [3.63, 3.8) is 0 Å². The summed E-state index contributed by atoms with van der Waals surface area (Å²) in [6.45, 7) is 0. The first-order chi connectivity index (χ1) is 14.0. The number of ether oxygens (including phenoxy) is 1. The van der Waals surface area contributed by atoms with E-state index in [-0.39, 0.29) is 12.0 Å². The van der Waals surface area contributed by atoms with Crippen molar-refractivity contribution >= 4 is 23.6 Å². The number of aromatic nitrogens is 2. The largest absolute Gasteiger partial charge is 0.481 e. The normalized spacial score (nSPS) is 15.0. The lowest BCUT2D eigenvalue weighted by atomic mass is 9.93. The van der Waals surface area contributed by atoms with Crippen molar-refractivity contribution in [1.29, 1.82) is 0 Å². The van der Waals surface area contributed by atoms with Crippen LogP contribution in [0.1, 0.15) is 29.2 Å². The maximum absolute atomic E-state index is 12.3. The molecule has 1 aliphatic rings. The van der Waals surface area contributed by atoms with Crippen molar-refractivity contribution in [3.8, 4) is 17.0 Å². The molecule has 0 saturated carbocycles. The highest BCUT2D eigenvalue weighted by atomic mass is 35.5. The first-order valence-corrected chi connectivity index (χ1v) is 9.42. The van der Waals surface area contributed by atoms with Gasteiger partial charge < -0.3 is 14.1 Å². The summed E-state index contributed by atoms with van der Waals surface area (Å²) < 4.78 is 6.84. The molecule has 6 nitrogen and oxygen atoms in total. The number of aryl methyl sites for hydroxylation is 1. The van der Waals surface area contributed by atoms with Gasteiger partial charge in [-0.25, -0.2) is 4.98 Å². The van der Waals surface area contributed by atoms with Crippen molar-refractivity contribution in [2.45, 2.75) is 12.5 Å². The average molecular weight is 408 g/mol. The minimum atomic E-state index is -0.486. The second-order valence-corrected chi connectivity index (χ2v) is 7.20. The lowest BCUT2D eigenvalue weighted by Crippen LogP contribution is -2.17. The van der Waals surface area contributed by atoms with Gasteiger partial charge in [0.25, 0.3) is 5.56 Å². The van der Waals surface area contributed by atoms with Gasteiger partial charge in [0.05, 0.1) is 18.9 Å². The molecule has 0 aliphatic carbocycles. The van der Waals surface area contributed by atoms with E-state index < -0.39 is 6.04 Å². The Morgan fingerprint density at radius 3 is 2.62 bits per heavy atom. The highest BCUT2D eigenvalue weighted by Crippen LogP contribution is 2.38. The van der Waals surface area contributed by atoms with Crippen LogP contribution < -0.4 is 10.3 Å². The highest BCUT2D eigenvalue weighted by molar-refractivity contribution is 6.30. The summed E-state index contributed by atoms with van der Waals surface area (Å²) in [5.74, 6) is 0.450. The zero-order chi connectivity index (χ0) is 20.5. The van der Waals surface area contributed by atoms with Crippen LogP contribution in [0.2, 0.25) is 5.02 Å². The lowest BCUT2D eigenvalue weighted by molar-refractivity contribution is -0.108. The number of nitrogens with zero attached hydrogens (tertiary/aromatic N) is 3. The summed E-state index contributed by atoms with van der Waals surface area (Å²) in [6.07, 6.45) is 4.47. The zero-order valence-corrected chi connectivity index (χ0v) is 16.7. The van der Waals surface area contributed by atoms with Gasteiger partial charge in [-0.3, -0.25) is 9.79 Å². The van der Waals surface area contributed by atoms with Crippen LogP contribution in [0.15, 0.2) is 58.6 Å². The number of carbonyl (C=O) groups is 1. The van der Waals surface area contributed by atoms with E-state index in [0.29, 0.717) is 22.2 Å². The molecular weight excluding hydrogens is 390 g/mol. The Bertz CT molecular complexity index is 1180. The number of fused-ring (bicyclic) bond motifs is 3. The van der Waals surface area contributed by atoms with Gasteiger partial charge in [-0.1, -0.05) is 23.7 Å². The summed E-state index contributed by atoms with van der Waals surface area (Å²) in [7, 11) is 3.25. The summed E-state index contributed by atoms with van der Waals surface area (Å²) in [5.41, 5.74) is 4.53. The topological polar surface area (TPSA) is 73.6 Å². The third kappa shape index (κ3) is 3.47. The van der Waals surface area contributed by atoms with E-state index in [9.17, 15) is 9.59 Å². The van der Waals surface area contributed by atoms with E-state index in [0.717, 1.165) is 28.5 Å². The van der Waals surface area contributed by atoms with Crippen LogP contribution in [-0.4, -0.2) is 28.7 Å². The molecule has 7 heteroatoms. The summed E-state index contributed by atoms with van der Waals surface area (Å²) in [5, 5.41) is 0.617. The standard InChI is InChI=1S/C22H18ClN3O3/c1-26-12-18-15(10-21(26)28)19(7-8-27)25-22(13-3-5-14(23)6-4-13)16-9-20(29-2)24-11-17(16)18/h3-6,8-12,19H,7H2,1-2H3/t19-/m1/s1. The van der Waals surface area contributed by atoms with Crippen molar-refractivity contribution < 1.29 is 9.53 Å². The molecule has 146 valence electrons. The summed E-state index contributed by atoms with van der Waals surface area (Å²) in [6, 6.07) is 10.2. The molecule has 0 unspecified atom stereocenters. The minimum Gasteiger partial charge on any atom is -0.481 e. The Morgan fingerprint density at radius 1 is 1.17 bits per heavy atom. The van der Waals surface area contributed by atoms with Gasteiger partial charge in [-0.2, -0.15) is 0 Å². The number of aldehydes is 1. The third-order valence-corrected chi connectivity index (χ3v) is 5.23. The maximum Gasteiger partial charge on any atom is 0.250 e. The van der Waals surface area contributed by atoms with Crippen LogP contribution in [0, 0.1) is 0 Å². The van der Waals surface area contributed by atoms with Crippen LogP contribution >= 0.6 is 11.6 Å². The van der Waals surface area contributed by atoms with Crippen LogP contribution in [0.4, 0.5) is 0 Å². The lowest BCUT2D eigenvalue weighted by Gasteiger charge is -2.14. The maximum atomic E-state index is 12.3. The number of hydrogen-bond acceptors (Lipinski definition) is 5. The molecule has 0 bridgehead atoms. The molecular formula is C22H18ClN3O3. The predicted molar refractivity (Wildman–Crippen MR) is 112 cm³/mol. The molecule has 1 aromatic carbocycles. The monoisotopic (exact) mass is 407 g/mol. The average Bonchev–Trinajstić information content (AvgIpc) is 2.84. The van der Waals surface area contributed by atoms with Crippen molar-refractivity contribution in [2.24, 2.45) is 12.0 Å². The van der Waals surface area contributed by atoms with Gasteiger partial charge in [0, 0.05) is 65.3 Å². The van der Waals surface area contributed by atoms with E-state index in [1.54, 1.807) is 44.8 Å². The van der Waals surface area contributed by atoms with E-state index in [4.69, 9.17) is 21.3 Å². The second-order valence-electron chi connectivity index (χ2n) is 6.77. The van der Waals surface area contributed by atoms with Crippen molar-refractivity contribution in [1.82, 2.24) is 9.55 Å². The fraction of sp³-hybridized carbons (Fsp3) is 0.182. The number of rotatable bonds is 4. The molecule has 4 rings (SSSR count). The number of methoxy groups -OCH3 is 1. The van der Waals surface area contributed by atoms with Crippen molar-refractivity contribution in [3.05, 3.63) is 80.9 Å². The Morgan fingerprint density at radius 2 is 1.93 bits per heavy atom. The quantitative estimate of drug-likeness (QED) is 0.619. The SMILES string of the molecule is COc1cc2c(cn1)-c1cn(C)c(=O)cc1[C@@H](CC=O)N=C2c1ccc(Cl)cc1. The molecule has 1 atom stereocenters. The van der Waals surface area contributed by atoms with Gasteiger partial charge in [-0.15, -0.1) is 0 Å². The first kappa shape index (κ1) is 19.1. The third-order valence-electron chi connectivity index (χ3n) is 4.97.